The van der Waals surface area contributed by atoms with Crippen LogP contribution in [0.1, 0.15) is 71.1 Å². The molecule has 0 heterocycles. The average Bonchev–Trinajstić information content (AvgIpc) is 2.45. The molecule has 0 N–H and O–H groups in total. The van der Waals surface area contributed by atoms with Crippen LogP contribution in [0.15, 0.2) is 0 Å². The highest BCUT2D eigenvalue weighted by atomic mass is 79.9. The van der Waals surface area contributed by atoms with Crippen LogP contribution in [0.3, 0.4) is 0 Å². The van der Waals surface area contributed by atoms with Gasteiger partial charge in [-0.25, -0.2) is 0 Å². The van der Waals surface area contributed by atoms with E-state index in [0.717, 1.165) is 18.2 Å². The fourth-order valence-corrected chi connectivity index (χ4v) is 2.25. The van der Waals surface area contributed by atoms with Crippen molar-refractivity contribution in [1.29, 1.82) is 0 Å². The maximum Gasteiger partial charge on any atom is 0.305 e. The molecule has 0 atom stereocenters. The molecule has 0 aromatic rings. The fourth-order valence-electron chi connectivity index (χ4n) is 2.02. The van der Waals surface area contributed by atoms with Crippen molar-refractivity contribution in [1.82, 2.24) is 0 Å². The standard InChI is InChI=1S/C16H31BrO3/c1-2-3-4-5-6-7-8-9-10-11-16(18)20-15-14-19-13-12-17/h2-15H2,1H3. The minimum atomic E-state index is -0.0876. The zero-order valence-corrected chi connectivity index (χ0v) is 14.6. The Kier molecular flexibility index (Phi) is 16.9. The summed E-state index contributed by atoms with van der Waals surface area (Å²) in [7, 11) is 0. The molecular weight excluding hydrogens is 320 g/mol. The second-order valence-electron chi connectivity index (χ2n) is 5.10. The summed E-state index contributed by atoms with van der Waals surface area (Å²) in [6.45, 7) is 3.78. The number of esters is 1. The first-order chi connectivity index (χ1) is 9.81. The summed E-state index contributed by atoms with van der Waals surface area (Å²) in [5, 5.41) is 0.819. The number of rotatable bonds is 15. The van der Waals surface area contributed by atoms with Gasteiger partial charge >= 0.3 is 5.97 Å². The van der Waals surface area contributed by atoms with Gasteiger partial charge in [-0.3, -0.25) is 4.79 Å². The molecule has 0 aliphatic heterocycles. The second-order valence-corrected chi connectivity index (χ2v) is 5.89. The van der Waals surface area contributed by atoms with E-state index in [9.17, 15) is 4.79 Å². The number of hydrogen-bond donors (Lipinski definition) is 0. The van der Waals surface area contributed by atoms with E-state index in [0.29, 0.717) is 26.2 Å². The van der Waals surface area contributed by atoms with Crippen LogP contribution in [-0.4, -0.2) is 31.1 Å². The fraction of sp³-hybridized carbons (Fsp3) is 0.938. The summed E-state index contributed by atoms with van der Waals surface area (Å²) in [5.41, 5.74) is 0. The van der Waals surface area contributed by atoms with Crippen molar-refractivity contribution < 1.29 is 14.3 Å². The van der Waals surface area contributed by atoms with Crippen molar-refractivity contribution in [3.05, 3.63) is 0 Å². The Morgan fingerprint density at radius 3 is 2.05 bits per heavy atom. The highest BCUT2D eigenvalue weighted by Gasteiger charge is 2.02. The molecule has 0 amide bonds. The molecule has 0 rings (SSSR count). The van der Waals surface area contributed by atoms with Gasteiger partial charge in [-0.2, -0.15) is 0 Å². The van der Waals surface area contributed by atoms with Crippen LogP contribution in [0.4, 0.5) is 0 Å². The van der Waals surface area contributed by atoms with Crippen molar-refractivity contribution in [3.8, 4) is 0 Å². The molecule has 0 saturated carbocycles. The Labute approximate surface area is 132 Å². The molecule has 3 nitrogen and oxygen atoms in total. The zero-order valence-electron chi connectivity index (χ0n) is 13.0. The van der Waals surface area contributed by atoms with Crippen LogP contribution >= 0.6 is 15.9 Å². The number of carbonyl (C=O) groups excluding carboxylic acids is 1. The van der Waals surface area contributed by atoms with E-state index in [-0.39, 0.29) is 5.97 Å². The number of unbranched alkanes of at least 4 members (excludes halogenated alkanes) is 8. The molecule has 0 spiro atoms. The normalized spacial score (nSPS) is 10.7. The van der Waals surface area contributed by atoms with Gasteiger partial charge in [0.05, 0.1) is 13.2 Å². The highest BCUT2D eigenvalue weighted by molar-refractivity contribution is 9.09. The molecule has 0 aromatic heterocycles. The molecule has 0 aliphatic carbocycles. The van der Waals surface area contributed by atoms with E-state index in [1.54, 1.807) is 0 Å². The van der Waals surface area contributed by atoms with Crippen molar-refractivity contribution in [2.45, 2.75) is 71.1 Å². The number of carbonyl (C=O) groups is 1. The Morgan fingerprint density at radius 1 is 0.850 bits per heavy atom. The van der Waals surface area contributed by atoms with Crippen LogP contribution in [0.25, 0.3) is 0 Å². The van der Waals surface area contributed by atoms with Crippen molar-refractivity contribution in [2.75, 3.05) is 25.2 Å². The summed E-state index contributed by atoms with van der Waals surface area (Å²) < 4.78 is 10.3. The van der Waals surface area contributed by atoms with Crippen LogP contribution in [-0.2, 0) is 14.3 Å². The van der Waals surface area contributed by atoms with Crippen molar-refractivity contribution in [3.63, 3.8) is 0 Å². The van der Waals surface area contributed by atoms with Crippen molar-refractivity contribution in [2.24, 2.45) is 0 Å². The predicted molar refractivity (Wildman–Crippen MR) is 87.4 cm³/mol. The molecule has 0 aromatic carbocycles. The number of hydrogen-bond acceptors (Lipinski definition) is 3. The van der Waals surface area contributed by atoms with Gasteiger partial charge in [-0.05, 0) is 6.42 Å². The molecule has 0 bridgehead atoms. The van der Waals surface area contributed by atoms with Gasteiger partial charge in [0.15, 0.2) is 0 Å². The minimum absolute atomic E-state index is 0.0876. The van der Waals surface area contributed by atoms with E-state index >= 15 is 0 Å². The maximum absolute atomic E-state index is 11.4. The monoisotopic (exact) mass is 350 g/mol. The predicted octanol–water partition coefficient (Wildman–Crippen LogP) is 4.86. The largest absolute Gasteiger partial charge is 0.463 e. The number of alkyl halides is 1. The number of ether oxygens (including phenoxy) is 2. The van der Waals surface area contributed by atoms with Crippen LogP contribution in [0.2, 0.25) is 0 Å². The third-order valence-corrected chi connectivity index (χ3v) is 3.52. The third kappa shape index (κ3) is 16.0. The van der Waals surface area contributed by atoms with Crippen molar-refractivity contribution >= 4 is 21.9 Å². The molecule has 0 unspecified atom stereocenters. The minimum Gasteiger partial charge on any atom is -0.463 e. The van der Waals surface area contributed by atoms with Gasteiger partial charge in [0.25, 0.3) is 0 Å². The zero-order chi connectivity index (χ0) is 14.9. The van der Waals surface area contributed by atoms with Gasteiger partial charge in [-0.15, -0.1) is 0 Å². The highest BCUT2D eigenvalue weighted by Crippen LogP contribution is 2.10. The van der Waals surface area contributed by atoms with Crippen LogP contribution in [0.5, 0.6) is 0 Å². The third-order valence-electron chi connectivity index (χ3n) is 3.20. The van der Waals surface area contributed by atoms with Gasteiger partial charge in [0, 0.05) is 11.8 Å². The lowest BCUT2D eigenvalue weighted by atomic mass is 10.1. The van der Waals surface area contributed by atoms with Crippen LogP contribution in [0, 0.1) is 0 Å². The lowest BCUT2D eigenvalue weighted by molar-refractivity contribution is -0.145. The van der Waals surface area contributed by atoms with Gasteiger partial charge in [0.2, 0.25) is 0 Å². The SMILES string of the molecule is CCCCCCCCCCCC(=O)OCCOCCBr. The topological polar surface area (TPSA) is 35.5 Å². The molecule has 0 radical (unpaired) electrons. The molecule has 20 heavy (non-hydrogen) atoms. The lowest BCUT2D eigenvalue weighted by Gasteiger charge is -2.05. The molecular formula is C16H31BrO3. The van der Waals surface area contributed by atoms with Gasteiger partial charge < -0.3 is 9.47 Å². The summed E-state index contributed by atoms with van der Waals surface area (Å²) in [5.74, 6) is -0.0876. The van der Waals surface area contributed by atoms with Gasteiger partial charge in [-0.1, -0.05) is 74.2 Å². The Morgan fingerprint density at radius 2 is 1.45 bits per heavy atom. The second kappa shape index (κ2) is 17.0. The van der Waals surface area contributed by atoms with E-state index < -0.39 is 0 Å². The van der Waals surface area contributed by atoms with E-state index in [2.05, 4.69) is 22.9 Å². The van der Waals surface area contributed by atoms with Gasteiger partial charge in [0.1, 0.15) is 6.61 Å². The summed E-state index contributed by atoms with van der Waals surface area (Å²) >= 11 is 3.27. The first-order valence-corrected chi connectivity index (χ1v) is 9.22. The Bertz CT molecular complexity index is 210. The molecule has 0 aliphatic rings. The first-order valence-electron chi connectivity index (χ1n) is 8.10. The van der Waals surface area contributed by atoms with E-state index in [1.165, 1.54) is 44.9 Å². The summed E-state index contributed by atoms with van der Waals surface area (Å²) in [4.78, 5) is 11.4. The first kappa shape index (κ1) is 19.9. The molecule has 0 fully saturated rings. The molecule has 4 heteroatoms. The Hall–Kier alpha value is -0.0900. The smallest absolute Gasteiger partial charge is 0.305 e. The van der Waals surface area contributed by atoms with E-state index in [4.69, 9.17) is 9.47 Å². The quantitative estimate of drug-likeness (QED) is 0.240. The Balaban J connectivity index is 3.11. The summed E-state index contributed by atoms with van der Waals surface area (Å²) in [6.07, 6.45) is 12.0. The average molecular weight is 351 g/mol. The van der Waals surface area contributed by atoms with Crippen LogP contribution < -0.4 is 0 Å². The molecule has 120 valence electrons. The molecule has 0 saturated heterocycles. The summed E-state index contributed by atoms with van der Waals surface area (Å²) in [6, 6.07) is 0. The maximum atomic E-state index is 11.4. The number of halogens is 1. The lowest BCUT2D eigenvalue weighted by Crippen LogP contribution is -2.11. The van der Waals surface area contributed by atoms with E-state index in [1.807, 2.05) is 0 Å².